The van der Waals surface area contributed by atoms with Crippen LogP contribution < -0.4 is 0 Å². The summed E-state index contributed by atoms with van der Waals surface area (Å²) in [6.07, 6.45) is 10.0. The van der Waals surface area contributed by atoms with Crippen LogP contribution in [0.4, 0.5) is 0 Å². The van der Waals surface area contributed by atoms with Crippen molar-refractivity contribution in [1.29, 1.82) is 0 Å². The summed E-state index contributed by atoms with van der Waals surface area (Å²) in [5.41, 5.74) is 0.589. The summed E-state index contributed by atoms with van der Waals surface area (Å²) >= 11 is 0. The molecule has 2 rings (SSSR count). The van der Waals surface area contributed by atoms with E-state index in [1.54, 1.807) is 5.31 Å². The van der Waals surface area contributed by atoms with Gasteiger partial charge in [-0.2, -0.15) is 0 Å². The molecule has 1 heterocycles. The van der Waals surface area contributed by atoms with E-state index in [9.17, 15) is 0 Å². The van der Waals surface area contributed by atoms with Crippen LogP contribution in [0.5, 0.6) is 0 Å². The molecule has 1 aliphatic heterocycles. The predicted octanol–water partition coefficient (Wildman–Crippen LogP) is 5.97. The maximum absolute atomic E-state index is 4.29. The molecule has 1 heteroatoms. The van der Waals surface area contributed by atoms with Crippen LogP contribution in [0, 0.1) is 17.3 Å². The van der Waals surface area contributed by atoms with Crippen molar-refractivity contribution >= 4 is 8.58 Å². The highest BCUT2D eigenvalue weighted by atomic mass is 31.1. The third-order valence-corrected chi connectivity index (χ3v) is 7.80. The molecule has 2 fully saturated rings. The SMILES string of the molecule is C=C1CC2(C)CCC(CCCCC(C)C)C2(C)P1. The first-order valence-corrected chi connectivity index (χ1v) is 8.83. The van der Waals surface area contributed by atoms with Gasteiger partial charge in [-0.1, -0.05) is 67.4 Å². The largest absolute Gasteiger partial charge is 0.0956 e. The molecule has 2 aliphatic rings. The Kier molecular flexibility index (Phi) is 4.27. The third kappa shape index (κ3) is 2.55. The van der Waals surface area contributed by atoms with E-state index in [2.05, 4.69) is 34.3 Å². The third-order valence-electron chi connectivity index (χ3n) is 5.74. The van der Waals surface area contributed by atoms with Crippen molar-refractivity contribution in [2.24, 2.45) is 17.3 Å². The molecule has 0 spiro atoms. The first kappa shape index (κ1) is 14.6. The molecule has 0 aromatic carbocycles. The summed E-state index contributed by atoms with van der Waals surface area (Å²) in [6, 6.07) is 0. The van der Waals surface area contributed by atoms with E-state index < -0.39 is 0 Å². The van der Waals surface area contributed by atoms with Crippen molar-refractivity contribution in [3.63, 3.8) is 0 Å². The van der Waals surface area contributed by atoms with Crippen LogP contribution in [-0.4, -0.2) is 5.16 Å². The first-order chi connectivity index (χ1) is 8.37. The summed E-state index contributed by atoms with van der Waals surface area (Å²) in [5.74, 6) is 1.86. The summed E-state index contributed by atoms with van der Waals surface area (Å²) < 4.78 is 0. The van der Waals surface area contributed by atoms with Crippen molar-refractivity contribution in [3.8, 4) is 0 Å². The normalized spacial score (nSPS) is 40.9. The lowest BCUT2D eigenvalue weighted by Gasteiger charge is -2.38. The molecule has 1 aliphatic carbocycles. The molecule has 0 N–H and O–H groups in total. The zero-order valence-corrected chi connectivity index (χ0v) is 13.8. The molecule has 1 saturated carbocycles. The van der Waals surface area contributed by atoms with Gasteiger partial charge in [0, 0.05) is 0 Å². The maximum Gasteiger partial charge on any atom is -0.00280 e. The van der Waals surface area contributed by atoms with Crippen molar-refractivity contribution in [2.75, 3.05) is 0 Å². The van der Waals surface area contributed by atoms with Crippen LogP contribution in [0.1, 0.15) is 72.6 Å². The fraction of sp³-hybridized carbons (Fsp3) is 0.882. The molecule has 0 aromatic rings. The van der Waals surface area contributed by atoms with Crippen molar-refractivity contribution in [3.05, 3.63) is 11.9 Å². The monoisotopic (exact) mass is 266 g/mol. The molecule has 0 amide bonds. The number of hydrogen-bond acceptors (Lipinski definition) is 0. The van der Waals surface area contributed by atoms with E-state index in [0.29, 0.717) is 10.6 Å². The van der Waals surface area contributed by atoms with E-state index in [1.165, 1.54) is 44.9 Å². The predicted molar refractivity (Wildman–Crippen MR) is 84.6 cm³/mol. The van der Waals surface area contributed by atoms with Gasteiger partial charge in [-0.25, -0.2) is 0 Å². The Hall–Kier alpha value is 0.170. The van der Waals surface area contributed by atoms with E-state index in [1.807, 2.05) is 0 Å². The zero-order valence-electron chi connectivity index (χ0n) is 12.8. The van der Waals surface area contributed by atoms with Gasteiger partial charge in [0.2, 0.25) is 0 Å². The molecule has 1 saturated heterocycles. The van der Waals surface area contributed by atoms with Crippen molar-refractivity contribution in [2.45, 2.75) is 77.8 Å². The molecule has 0 bridgehead atoms. The Bertz CT molecular complexity index is 320. The van der Waals surface area contributed by atoms with Crippen LogP contribution in [0.2, 0.25) is 0 Å². The summed E-state index contributed by atoms with van der Waals surface area (Å²) in [5, 5.41) is 2.15. The second-order valence-corrected chi connectivity index (χ2v) is 9.58. The molecule has 18 heavy (non-hydrogen) atoms. The average molecular weight is 266 g/mol. The quantitative estimate of drug-likeness (QED) is 0.424. The smallest absolute Gasteiger partial charge is 0.00280 e. The zero-order chi connectivity index (χ0) is 13.4. The second-order valence-electron chi connectivity index (χ2n) is 7.58. The van der Waals surface area contributed by atoms with E-state index in [0.717, 1.165) is 20.4 Å². The molecule has 4 unspecified atom stereocenters. The number of rotatable bonds is 5. The van der Waals surface area contributed by atoms with E-state index in [-0.39, 0.29) is 0 Å². The standard InChI is InChI=1S/C17H31P/c1-13(2)8-6-7-9-15-10-11-16(4)12-14(3)18-17(15,16)5/h13,15,18H,3,6-12H2,1-2,4-5H3. The lowest BCUT2D eigenvalue weighted by molar-refractivity contribution is 0.253. The molecule has 104 valence electrons. The van der Waals surface area contributed by atoms with Crippen molar-refractivity contribution in [1.82, 2.24) is 0 Å². The van der Waals surface area contributed by atoms with Crippen LogP contribution in [0.25, 0.3) is 0 Å². The summed E-state index contributed by atoms with van der Waals surface area (Å²) in [4.78, 5) is 0. The molecule has 0 aromatic heterocycles. The van der Waals surface area contributed by atoms with Gasteiger partial charge >= 0.3 is 0 Å². The molecule has 0 nitrogen and oxygen atoms in total. The van der Waals surface area contributed by atoms with Gasteiger partial charge in [-0.05, 0) is 48.1 Å². The molecule has 0 radical (unpaired) electrons. The van der Waals surface area contributed by atoms with Gasteiger partial charge in [0.1, 0.15) is 0 Å². The van der Waals surface area contributed by atoms with Gasteiger partial charge in [0.25, 0.3) is 0 Å². The summed E-state index contributed by atoms with van der Waals surface area (Å²) in [6.45, 7) is 14.1. The van der Waals surface area contributed by atoms with Crippen LogP contribution >= 0.6 is 8.58 Å². The van der Waals surface area contributed by atoms with Gasteiger partial charge in [0.05, 0.1) is 0 Å². The van der Waals surface area contributed by atoms with Gasteiger partial charge < -0.3 is 0 Å². The van der Waals surface area contributed by atoms with Crippen LogP contribution in [-0.2, 0) is 0 Å². The Morgan fingerprint density at radius 2 is 2.06 bits per heavy atom. The van der Waals surface area contributed by atoms with Crippen molar-refractivity contribution < 1.29 is 0 Å². The van der Waals surface area contributed by atoms with Gasteiger partial charge in [-0.3, -0.25) is 0 Å². The molecule has 4 atom stereocenters. The highest BCUT2D eigenvalue weighted by Crippen LogP contribution is 2.71. The fourth-order valence-electron chi connectivity index (χ4n) is 4.32. The maximum atomic E-state index is 4.29. The first-order valence-electron chi connectivity index (χ1n) is 7.83. The lowest BCUT2D eigenvalue weighted by atomic mass is 9.74. The highest BCUT2D eigenvalue weighted by molar-refractivity contribution is 7.45. The Balaban J connectivity index is 1.89. The Morgan fingerprint density at radius 3 is 2.72 bits per heavy atom. The van der Waals surface area contributed by atoms with Crippen LogP contribution in [0.3, 0.4) is 0 Å². The number of hydrogen-bond donors (Lipinski definition) is 0. The van der Waals surface area contributed by atoms with Gasteiger partial charge in [0.15, 0.2) is 0 Å². The highest BCUT2D eigenvalue weighted by Gasteiger charge is 2.57. The van der Waals surface area contributed by atoms with E-state index in [4.69, 9.17) is 0 Å². The van der Waals surface area contributed by atoms with Gasteiger partial charge in [-0.15, -0.1) is 0 Å². The topological polar surface area (TPSA) is 0 Å². The minimum atomic E-state index is 0.589. The second kappa shape index (κ2) is 5.28. The molecular weight excluding hydrogens is 235 g/mol. The number of allylic oxidation sites excluding steroid dienone is 1. The number of unbranched alkanes of at least 4 members (excludes halogenated alkanes) is 1. The minimum Gasteiger partial charge on any atom is -0.0956 e. The number of fused-ring (bicyclic) bond motifs is 1. The Labute approximate surface area is 116 Å². The van der Waals surface area contributed by atoms with Crippen LogP contribution in [0.15, 0.2) is 11.9 Å². The van der Waals surface area contributed by atoms with E-state index >= 15 is 0 Å². The lowest BCUT2D eigenvalue weighted by Crippen LogP contribution is -2.35. The minimum absolute atomic E-state index is 0.589. The summed E-state index contributed by atoms with van der Waals surface area (Å²) in [7, 11) is 1.03. The average Bonchev–Trinajstić information content (AvgIpc) is 2.60. The molecular formula is C17H31P. The Morgan fingerprint density at radius 1 is 1.33 bits per heavy atom. The fourth-order valence-corrected chi connectivity index (χ4v) is 6.54.